The van der Waals surface area contributed by atoms with Crippen molar-refractivity contribution in [1.82, 2.24) is 10.4 Å². The van der Waals surface area contributed by atoms with Crippen LogP contribution in [0.3, 0.4) is 0 Å². The van der Waals surface area contributed by atoms with Crippen LogP contribution < -0.4 is 11.3 Å². The lowest BCUT2D eigenvalue weighted by Gasteiger charge is -2.32. The molecule has 3 nitrogen and oxygen atoms in total. The Morgan fingerprint density at radius 2 is 1.95 bits per heavy atom. The van der Waals surface area contributed by atoms with Crippen molar-refractivity contribution in [3.8, 4) is 0 Å². The van der Waals surface area contributed by atoms with Crippen LogP contribution in [0.1, 0.15) is 32.9 Å². The molecule has 0 amide bonds. The Labute approximate surface area is 115 Å². The van der Waals surface area contributed by atoms with Crippen LogP contribution >= 0.6 is 0 Å². The van der Waals surface area contributed by atoms with Crippen molar-refractivity contribution >= 4 is 10.9 Å². The second-order valence-corrected chi connectivity index (χ2v) is 5.76. The lowest BCUT2D eigenvalue weighted by molar-refractivity contribution is 0.230. The van der Waals surface area contributed by atoms with Crippen LogP contribution in [-0.4, -0.2) is 11.0 Å². The minimum atomic E-state index is 0.155. The molecule has 102 valence electrons. The van der Waals surface area contributed by atoms with Gasteiger partial charge in [0.05, 0.1) is 5.52 Å². The number of hydrogen-bond acceptors (Lipinski definition) is 3. The summed E-state index contributed by atoms with van der Waals surface area (Å²) in [5, 5.41) is 1.18. The van der Waals surface area contributed by atoms with Crippen LogP contribution in [0.25, 0.3) is 10.9 Å². The number of hydrogen-bond donors (Lipinski definition) is 2. The molecule has 0 saturated heterocycles. The molecule has 1 aromatic carbocycles. The number of benzene rings is 1. The Morgan fingerprint density at radius 3 is 2.63 bits per heavy atom. The zero-order valence-corrected chi connectivity index (χ0v) is 12.0. The van der Waals surface area contributed by atoms with Gasteiger partial charge in [-0.15, -0.1) is 0 Å². The van der Waals surface area contributed by atoms with E-state index in [1.807, 2.05) is 12.1 Å². The number of nitrogens with zero attached hydrogens (tertiary/aromatic N) is 1. The van der Waals surface area contributed by atoms with Gasteiger partial charge in [0.2, 0.25) is 0 Å². The van der Waals surface area contributed by atoms with Gasteiger partial charge in [-0.1, -0.05) is 45.0 Å². The number of aromatic nitrogens is 1. The normalized spacial score (nSPS) is 13.7. The van der Waals surface area contributed by atoms with Crippen LogP contribution in [0.4, 0.5) is 0 Å². The third-order valence-electron chi connectivity index (χ3n) is 4.13. The predicted octanol–water partition coefficient (Wildman–Crippen LogP) is 3.05. The molecule has 0 spiro atoms. The number of hydrazine groups is 1. The van der Waals surface area contributed by atoms with E-state index in [-0.39, 0.29) is 11.5 Å². The number of para-hydroxylation sites is 1. The highest BCUT2D eigenvalue weighted by atomic mass is 15.2. The van der Waals surface area contributed by atoms with Gasteiger partial charge in [0.15, 0.2) is 0 Å². The largest absolute Gasteiger partial charge is 0.271 e. The summed E-state index contributed by atoms with van der Waals surface area (Å²) in [6, 6.07) is 12.6. The number of nitrogens with two attached hydrogens (primary N) is 1. The van der Waals surface area contributed by atoms with Crippen molar-refractivity contribution in [2.45, 2.75) is 39.7 Å². The quantitative estimate of drug-likeness (QED) is 0.639. The van der Waals surface area contributed by atoms with Gasteiger partial charge < -0.3 is 0 Å². The van der Waals surface area contributed by atoms with Crippen molar-refractivity contribution in [3.63, 3.8) is 0 Å². The Balaban J connectivity index is 2.24. The lowest BCUT2D eigenvalue weighted by atomic mass is 9.80. The highest BCUT2D eigenvalue weighted by Gasteiger charge is 2.27. The van der Waals surface area contributed by atoms with Gasteiger partial charge >= 0.3 is 0 Å². The van der Waals surface area contributed by atoms with E-state index in [9.17, 15) is 0 Å². The second kappa shape index (κ2) is 5.68. The number of pyridine rings is 1. The van der Waals surface area contributed by atoms with E-state index in [1.165, 1.54) is 5.39 Å². The predicted molar refractivity (Wildman–Crippen MR) is 80.6 cm³/mol. The fourth-order valence-electron chi connectivity index (χ4n) is 2.24. The summed E-state index contributed by atoms with van der Waals surface area (Å²) in [6.45, 7) is 6.66. The van der Waals surface area contributed by atoms with Crippen LogP contribution in [-0.2, 0) is 6.42 Å². The molecule has 1 unspecified atom stereocenters. The molecular weight excluding hydrogens is 234 g/mol. The minimum absolute atomic E-state index is 0.155. The third-order valence-corrected chi connectivity index (χ3v) is 4.13. The first-order valence-corrected chi connectivity index (χ1v) is 6.87. The van der Waals surface area contributed by atoms with Gasteiger partial charge in [-0.3, -0.25) is 16.3 Å². The highest BCUT2D eigenvalue weighted by Crippen LogP contribution is 2.26. The first-order chi connectivity index (χ1) is 9.06. The molecule has 2 rings (SSSR count). The third kappa shape index (κ3) is 3.11. The number of rotatable bonds is 5. The summed E-state index contributed by atoms with van der Waals surface area (Å²) in [6.07, 6.45) is 1.93. The van der Waals surface area contributed by atoms with E-state index in [0.29, 0.717) is 0 Å². The highest BCUT2D eigenvalue weighted by molar-refractivity contribution is 5.78. The molecule has 19 heavy (non-hydrogen) atoms. The van der Waals surface area contributed by atoms with Gasteiger partial charge in [0.25, 0.3) is 0 Å². The van der Waals surface area contributed by atoms with E-state index in [2.05, 4.69) is 50.5 Å². The van der Waals surface area contributed by atoms with Gasteiger partial charge in [-0.25, -0.2) is 0 Å². The zero-order chi connectivity index (χ0) is 13.9. The maximum absolute atomic E-state index is 5.72. The van der Waals surface area contributed by atoms with E-state index < -0.39 is 0 Å². The fourth-order valence-corrected chi connectivity index (χ4v) is 2.24. The van der Waals surface area contributed by atoms with Crippen molar-refractivity contribution < 1.29 is 0 Å². The molecule has 3 heteroatoms. The summed E-state index contributed by atoms with van der Waals surface area (Å²) >= 11 is 0. The maximum atomic E-state index is 5.72. The molecule has 0 radical (unpaired) electrons. The summed E-state index contributed by atoms with van der Waals surface area (Å²) in [7, 11) is 0. The molecule has 0 fully saturated rings. The molecule has 1 aromatic heterocycles. The van der Waals surface area contributed by atoms with E-state index >= 15 is 0 Å². The molecule has 3 N–H and O–H groups in total. The van der Waals surface area contributed by atoms with E-state index in [4.69, 9.17) is 10.8 Å². The van der Waals surface area contributed by atoms with E-state index in [1.54, 1.807) is 0 Å². The van der Waals surface area contributed by atoms with Gasteiger partial charge in [0.1, 0.15) is 0 Å². The monoisotopic (exact) mass is 257 g/mol. The average Bonchev–Trinajstić information content (AvgIpc) is 2.44. The van der Waals surface area contributed by atoms with Crippen molar-refractivity contribution in [2.24, 2.45) is 11.3 Å². The number of nitrogens with one attached hydrogen (secondary N) is 1. The molecule has 1 heterocycles. The molecule has 2 aromatic rings. The first-order valence-electron chi connectivity index (χ1n) is 6.87. The lowest BCUT2D eigenvalue weighted by Crippen LogP contribution is -2.47. The molecule has 0 bridgehead atoms. The Bertz CT molecular complexity index is 548. The zero-order valence-electron chi connectivity index (χ0n) is 12.0. The molecule has 0 aliphatic heterocycles. The first kappa shape index (κ1) is 14.0. The van der Waals surface area contributed by atoms with Crippen molar-refractivity contribution in [3.05, 3.63) is 42.1 Å². The van der Waals surface area contributed by atoms with Gasteiger partial charge in [-0.2, -0.15) is 0 Å². The fraction of sp³-hybridized carbons (Fsp3) is 0.438. The molecular formula is C16H23N3. The molecule has 0 aliphatic carbocycles. The smallest absolute Gasteiger partial charge is 0.0705 e. The second-order valence-electron chi connectivity index (χ2n) is 5.76. The summed E-state index contributed by atoms with van der Waals surface area (Å²) in [5.41, 5.74) is 5.24. The number of fused-ring (bicyclic) bond motifs is 1. The van der Waals surface area contributed by atoms with Crippen LogP contribution in [0.15, 0.2) is 36.4 Å². The topological polar surface area (TPSA) is 50.9 Å². The van der Waals surface area contributed by atoms with Gasteiger partial charge in [0, 0.05) is 23.5 Å². The SMILES string of the molecule is CCC(C)(C)C(Cc1ccc2ccccc2n1)NN. The minimum Gasteiger partial charge on any atom is -0.271 e. The van der Waals surface area contributed by atoms with Crippen LogP contribution in [0, 0.1) is 5.41 Å². The standard InChI is InChI=1S/C16H23N3/c1-4-16(2,3)15(19-17)11-13-10-9-12-7-5-6-8-14(12)18-13/h5-10,15,19H,4,11,17H2,1-3H3. The van der Waals surface area contributed by atoms with E-state index in [0.717, 1.165) is 24.1 Å². The van der Waals surface area contributed by atoms with Gasteiger partial charge in [-0.05, 0) is 24.0 Å². The Kier molecular flexibility index (Phi) is 4.17. The molecule has 0 aliphatic rings. The Hall–Kier alpha value is -1.45. The summed E-state index contributed by atoms with van der Waals surface area (Å²) in [5.74, 6) is 5.72. The van der Waals surface area contributed by atoms with Crippen molar-refractivity contribution in [2.75, 3.05) is 0 Å². The average molecular weight is 257 g/mol. The molecule has 1 atom stereocenters. The van der Waals surface area contributed by atoms with Crippen LogP contribution in [0.2, 0.25) is 0 Å². The maximum Gasteiger partial charge on any atom is 0.0705 e. The summed E-state index contributed by atoms with van der Waals surface area (Å²) in [4.78, 5) is 4.72. The van der Waals surface area contributed by atoms with Crippen LogP contribution in [0.5, 0.6) is 0 Å². The van der Waals surface area contributed by atoms with Crippen molar-refractivity contribution in [1.29, 1.82) is 0 Å². The Morgan fingerprint density at radius 1 is 1.21 bits per heavy atom. The molecule has 0 saturated carbocycles. The summed E-state index contributed by atoms with van der Waals surface area (Å²) < 4.78 is 0.